The Kier molecular flexibility index (Phi) is 14.3. The molecule has 1 rings (SSSR count). The monoisotopic (exact) mass is 452 g/mol. The van der Waals surface area contributed by atoms with Gasteiger partial charge in [-0.15, -0.1) is 0 Å². The molecule has 0 aliphatic carbocycles. The van der Waals surface area contributed by atoms with E-state index in [9.17, 15) is 14.2 Å². The Bertz CT molecular complexity index is 680. The van der Waals surface area contributed by atoms with E-state index in [4.69, 9.17) is 18.5 Å². The van der Waals surface area contributed by atoms with Gasteiger partial charge in [-0.2, -0.15) is 0 Å². The van der Waals surface area contributed by atoms with Crippen molar-refractivity contribution in [2.75, 3.05) is 26.4 Å². The molecule has 0 radical (unpaired) electrons. The highest BCUT2D eigenvalue weighted by Crippen LogP contribution is 2.51. The summed E-state index contributed by atoms with van der Waals surface area (Å²) in [6.07, 6.45) is 6.79. The minimum Gasteiger partial charge on any atom is -0.463 e. The third-order valence-electron chi connectivity index (χ3n) is 4.19. The van der Waals surface area contributed by atoms with Crippen LogP contribution in [0, 0.1) is 0 Å². The largest absolute Gasteiger partial charge is 0.463 e. The van der Waals surface area contributed by atoms with E-state index >= 15 is 0 Å². The summed E-state index contributed by atoms with van der Waals surface area (Å²) < 4.78 is 34.4. The van der Waals surface area contributed by atoms with Crippen LogP contribution in [0.1, 0.15) is 44.1 Å². The highest BCUT2D eigenvalue weighted by Gasteiger charge is 2.25. The molecule has 0 atom stereocenters. The van der Waals surface area contributed by atoms with E-state index in [1.807, 2.05) is 30.3 Å². The second kappa shape index (κ2) is 16.5. The van der Waals surface area contributed by atoms with E-state index in [-0.39, 0.29) is 6.16 Å². The van der Waals surface area contributed by atoms with Crippen LogP contribution in [-0.4, -0.2) is 38.4 Å². The zero-order valence-electron chi connectivity index (χ0n) is 18.0. The molecule has 1 aromatic rings. The average Bonchev–Trinajstić information content (AvgIpc) is 2.78. The van der Waals surface area contributed by atoms with Crippen molar-refractivity contribution in [2.24, 2.45) is 0 Å². The summed E-state index contributed by atoms with van der Waals surface area (Å²) in [6, 6.07) is 9.45. The minimum atomic E-state index is -3.29. The SMILES string of the molecule is C=CC(=O)OCCCCCOP(=O)(Cc1ccccc1)OCCCCCOC(=O)C=C. The molecule has 0 amide bonds. The Hall–Kier alpha value is -2.21. The summed E-state index contributed by atoms with van der Waals surface area (Å²) >= 11 is 0. The summed E-state index contributed by atoms with van der Waals surface area (Å²) in [5.41, 5.74) is 0.888. The number of carbonyl (C=O) groups is 2. The van der Waals surface area contributed by atoms with Crippen LogP contribution in [0.2, 0.25) is 0 Å². The van der Waals surface area contributed by atoms with E-state index < -0.39 is 19.5 Å². The lowest BCUT2D eigenvalue weighted by Gasteiger charge is -2.19. The van der Waals surface area contributed by atoms with E-state index in [1.54, 1.807) is 0 Å². The van der Waals surface area contributed by atoms with Gasteiger partial charge >= 0.3 is 19.5 Å². The van der Waals surface area contributed by atoms with Gasteiger partial charge in [0.2, 0.25) is 0 Å². The van der Waals surface area contributed by atoms with Gasteiger partial charge in [0.15, 0.2) is 0 Å². The fraction of sp³-hybridized carbons (Fsp3) is 0.478. The van der Waals surface area contributed by atoms with Crippen LogP contribution in [0.15, 0.2) is 55.6 Å². The van der Waals surface area contributed by atoms with Crippen molar-refractivity contribution >= 4 is 19.5 Å². The molecule has 0 fully saturated rings. The fourth-order valence-electron chi connectivity index (χ4n) is 2.57. The smallest absolute Gasteiger partial charge is 0.335 e. The highest BCUT2D eigenvalue weighted by atomic mass is 31.2. The molecule has 0 bridgehead atoms. The Morgan fingerprint density at radius 2 is 1.19 bits per heavy atom. The topological polar surface area (TPSA) is 88.1 Å². The number of benzene rings is 1. The first-order valence-corrected chi connectivity index (χ1v) is 12.2. The number of hydrogen-bond acceptors (Lipinski definition) is 7. The van der Waals surface area contributed by atoms with Gasteiger partial charge < -0.3 is 18.5 Å². The van der Waals surface area contributed by atoms with Gasteiger partial charge in [0, 0.05) is 12.2 Å². The van der Waals surface area contributed by atoms with Gasteiger partial charge in [-0.05, 0) is 44.1 Å². The quantitative estimate of drug-likeness (QED) is 0.131. The zero-order chi connectivity index (χ0) is 22.8. The molecule has 0 aliphatic rings. The standard InChI is InChI=1S/C23H33O7P/c1-3-22(24)27-16-10-6-12-18-29-31(26,20-21-14-8-5-9-15-21)30-19-13-7-11-17-28-23(25)4-2/h3-5,8-9,14-15H,1-2,6-7,10-13,16-20H2. The van der Waals surface area contributed by atoms with Gasteiger partial charge in [-0.25, -0.2) is 9.59 Å². The predicted molar refractivity (Wildman–Crippen MR) is 120 cm³/mol. The number of esters is 2. The molecule has 0 aromatic heterocycles. The molecule has 0 spiro atoms. The molecule has 0 unspecified atom stereocenters. The Morgan fingerprint density at radius 1 is 0.742 bits per heavy atom. The fourth-order valence-corrected chi connectivity index (χ4v) is 4.30. The van der Waals surface area contributed by atoms with Gasteiger partial charge in [-0.3, -0.25) is 4.57 Å². The molecule has 0 N–H and O–H groups in total. The van der Waals surface area contributed by atoms with Crippen molar-refractivity contribution in [1.82, 2.24) is 0 Å². The van der Waals surface area contributed by atoms with Crippen LogP contribution in [0.4, 0.5) is 0 Å². The molecule has 31 heavy (non-hydrogen) atoms. The molecule has 0 saturated heterocycles. The average molecular weight is 452 g/mol. The number of carbonyl (C=O) groups excluding carboxylic acids is 2. The highest BCUT2D eigenvalue weighted by molar-refractivity contribution is 7.53. The van der Waals surface area contributed by atoms with Crippen molar-refractivity contribution in [1.29, 1.82) is 0 Å². The lowest BCUT2D eigenvalue weighted by atomic mass is 10.2. The molecular formula is C23H33O7P. The lowest BCUT2D eigenvalue weighted by molar-refractivity contribution is -0.138. The van der Waals surface area contributed by atoms with E-state index in [0.29, 0.717) is 52.1 Å². The number of unbranched alkanes of at least 4 members (excludes halogenated alkanes) is 4. The molecule has 0 heterocycles. The molecule has 172 valence electrons. The van der Waals surface area contributed by atoms with Crippen LogP contribution in [0.25, 0.3) is 0 Å². The van der Waals surface area contributed by atoms with Crippen molar-refractivity contribution in [3.8, 4) is 0 Å². The minimum absolute atomic E-state index is 0.210. The van der Waals surface area contributed by atoms with Crippen molar-refractivity contribution in [3.63, 3.8) is 0 Å². The van der Waals surface area contributed by atoms with Gasteiger partial charge in [0.25, 0.3) is 0 Å². The number of rotatable bonds is 18. The summed E-state index contributed by atoms with van der Waals surface area (Å²) in [7, 11) is -3.29. The summed E-state index contributed by atoms with van der Waals surface area (Å²) in [5, 5.41) is 0. The van der Waals surface area contributed by atoms with Crippen molar-refractivity contribution < 1.29 is 32.7 Å². The Balaban J connectivity index is 2.35. The summed E-state index contributed by atoms with van der Waals surface area (Å²) in [6.45, 7) is 7.94. The third-order valence-corrected chi connectivity index (χ3v) is 6.10. The van der Waals surface area contributed by atoms with Crippen LogP contribution in [0.3, 0.4) is 0 Å². The molecule has 0 saturated carbocycles. The molecule has 0 aliphatic heterocycles. The van der Waals surface area contributed by atoms with Crippen LogP contribution >= 0.6 is 7.60 Å². The number of ether oxygens (including phenoxy) is 2. The summed E-state index contributed by atoms with van der Waals surface area (Å²) in [5.74, 6) is -0.869. The Morgan fingerprint density at radius 3 is 1.65 bits per heavy atom. The van der Waals surface area contributed by atoms with Gasteiger partial charge in [-0.1, -0.05) is 43.5 Å². The van der Waals surface area contributed by atoms with Gasteiger partial charge in [0.05, 0.1) is 32.6 Å². The first-order chi connectivity index (χ1) is 15.0. The zero-order valence-corrected chi connectivity index (χ0v) is 18.9. The molecule has 8 heteroatoms. The maximum Gasteiger partial charge on any atom is 0.335 e. The molecule has 1 aromatic carbocycles. The first kappa shape index (κ1) is 26.8. The first-order valence-electron chi connectivity index (χ1n) is 10.5. The van der Waals surface area contributed by atoms with Crippen molar-refractivity contribution in [2.45, 2.75) is 44.7 Å². The van der Waals surface area contributed by atoms with E-state index in [0.717, 1.165) is 30.6 Å². The normalized spacial score (nSPS) is 11.0. The molecule has 7 nitrogen and oxygen atoms in total. The van der Waals surface area contributed by atoms with Gasteiger partial charge in [0.1, 0.15) is 0 Å². The van der Waals surface area contributed by atoms with Crippen LogP contribution in [-0.2, 0) is 38.8 Å². The van der Waals surface area contributed by atoms with Crippen molar-refractivity contribution in [3.05, 3.63) is 61.2 Å². The second-order valence-corrected chi connectivity index (χ2v) is 8.84. The maximum absolute atomic E-state index is 13.2. The van der Waals surface area contributed by atoms with Crippen LogP contribution in [0.5, 0.6) is 0 Å². The third kappa shape index (κ3) is 13.7. The van der Waals surface area contributed by atoms with Crippen LogP contribution < -0.4 is 0 Å². The number of hydrogen-bond donors (Lipinski definition) is 0. The molecular weight excluding hydrogens is 419 g/mol. The van der Waals surface area contributed by atoms with E-state index in [1.165, 1.54) is 0 Å². The Labute approximate surface area is 184 Å². The van der Waals surface area contributed by atoms with E-state index in [2.05, 4.69) is 13.2 Å². The maximum atomic E-state index is 13.2. The predicted octanol–water partition coefficient (Wildman–Crippen LogP) is 5.21. The second-order valence-electron chi connectivity index (χ2n) is 6.79. The summed E-state index contributed by atoms with van der Waals surface area (Å²) in [4.78, 5) is 22.0. The lowest BCUT2D eigenvalue weighted by Crippen LogP contribution is -2.05.